The number of fused-ring (bicyclic) bond motifs is 1. The van der Waals surface area contributed by atoms with E-state index in [4.69, 9.17) is 30.6 Å². The monoisotopic (exact) mass is 570 g/mol. The largest absolute Gasteiger partial charge is 0.483 e. The van der Waals surface area contributed by atoms with E-state index in [0.717, 1.165) is 24.5 Å². The van der Waals surface area contributed by atoms with E-state index in [2.05, 4.69) is 14.9 Å². The molecule has 12 heteroatoms. The number of primary sulfonamides is 1. The number of hydrogen-bond donors (Lipinski definition) is 1. The van der Waals surface area contributed by atoms with E-state index in [1.54, 1.807) is 26.1 Å². The van der Waals surface area contributed by atoms with Gasteiger partial charge < -0.3 is 18.8 Å². The summed E-state index contributed by atoms with van der Waals surface area (Å²) in [6, 6.07) is 10.1. The van der Waals surface area contributed by atoms with Gasteiger partial charge in [0.05, 0.1) is 18.6 Å². The molecule has 1 aliphatic heterocycles. The van der Waals surface area contributed by atoms with Crippen molar-refractivity contribution in [1.29, 1.82) is 0 Å². The van der Waals surface area contributed by atoms with Crippen molar-refractivity contribution in [3.8, 4) is 17.1 Å². The quantitative estimate of drug-likeness (QED) is 0.339. The van der Waals surface area contributed by atoms with Crippen LogP contribution in [0.4, 0.5) is 5.82 Å². The minimum atomic E-state index is -4.21. The Morgan fingerprint density at radius 3 is 2.54 bits per heavy atom. The molecule has 10 nitrogen and oxygen atoms in total. The summed E-state index contributed by atoms with van der Waals surface area (Å²) in [6.45, 7) is 8.10. The van der Waals surface area contributed by atoms with Gasteiger partial charge in [0.1, 0.15) is 28.4 Å². The minimum absolute atomic E-state index is 0.0422. The summed E-state index contributed by atoms with van der Waals surface area (Å²) < 4.78 is 42.0. The smallest absolute Gasteiger partial charge is 0.259 e. The summed E-state index contributed by atoms with van der Waals surface area (Å²) >= 11 is 5.89. The maximum Gasteiger partial charge on any atom is 0.259 e. The van der Waals surface area contributed by atoms with Gasteiger partial charge in [-0.2, -0.15) is 0 Å². The number of rotatable bonds is 6. The first-order chi connectivity index (χ1) is 18.5. The molecule has 1 aromatic carbocycles. The highest BCUT2D eigenvalue weighted by molar-refractivity contribution is 7.89. The molecule has 2 N–H and O–H groups in total. The van der Waals surface area contributed by atoms with E-state index in [1.165, 1.54) is 12.1 Å². The molecule has 0 aliphatic carbocycles. The Bertz CT molecular complexity index is 1720. The van der Waals surface area contributed by atoms with Crippen LogP contribution in [0.3, 0.4) is 0 Å². The van der Waals surface area contributed by atoms with Gasteiger partial charge in [0.15, 0.2) is 11.2 Å². The third-order valence-electron chi connectivity index (χ3n) is 6.54. The number of aromatic nitrogens is 2. The van der Waals surface area contributed by atoms with E-state index < -0.39 is 21.2 Å². The third-order valence-corrected chi connectivity index (χ3v) is 7.58. The van der Waals surface area contributed by atoms with E-state index in [9.17, 15) is 13.2 Å². The average molecular weight is 571 g/mol. The summed E-state index contributed by atoms with van der Waals surface area (Å²) in [5.74, 6) is 1.15. The Morgan fingerprint density at radius 1 is 1.13 bits per heavy atom. The number of nitrogens with zero attached hydrogens (tertiary/aromatic N) is 3. The van der Waals surface area contributed by atoms with Crippen molar-refractivity contribution >= 4 is 38.4 Å². The number of nitrogens with two attached hydrogens (primary N) is 1. The lowest BCUT2D eigenvalue weighted by atomic mass is 10.0. The molecule has 0 radical (unpaired) electrons. The molecule has 39 heavy (non-hydrogen) atoms. The van der Waals surface area contributed by atoms with Gasteiger partial charge >= 0.3 is 0 Å². The number of halogens is 1. The van der Waals surface area contributed by atoms with Crippen LogP contribution in [0.25, 0.3) is 22.3 Å². The SMILES string of the molecule is Cc1cc([C@@H](C)Oc2ccc(Cl)nc2S(N)(=O)=O)c2oc(-c3ccc(N4CCOCC4)nc3)c(C)c(=O)c2c1. The normalized spacial score (nSPS) is 14.9. The Hall–Kier alpha value is -3.51. The van der Waals surface area contributed by atoms with E-state index in [0.29, 0.717) is 46.6 Å². The van der Waals surface area contributed by atoms with Crippen LogP contribution in [0.15, 0.2) is 56.8 Å². The van der Waals surface area contributed by atoms with Crippen LogP contribution >= 0.6 is 11.6 Å². The number of benzene rings is 1. The van der Waals surface area contributed by atoms with Gasteiger partial charge in [0.2, 0.25) is 5.03 Å². The highest BCUT2D eigenvalue weighted by Crippen LogP contribution is 2.34. The fourth-order valence-electron chi connectivity index (χ4n) is 4.60. The molecule has 0 unspecified atom stereocenters. The van der Waals surface area contributed by atoms with Crippen molar-refractivity contribution in [2.24, 2.45) is 5.14 Å². The zero-order valence-electron chi connectivity index (χ0n) is 21.6. The molecular weight excluding hydrogens is 544 g/mol. The first kappa shape index (κ1) is 27.1. The lowest BCUT2D eigenvalue weighted by molar-refractivity contribution is 0.122. The van der Waals surface area contributed by atoms with Crippen LogP contribution in [0.1, 0.15) is 29.7 Å². The molecular formula is C27H27ClN4O6S. The Labute approximate surface area is 230 Å². The minimum Gasteiger partial charge on any atom is -0.483 e. The number of pyridine rings is 2. The molecule has 0 amide bonds. The van der Waals surface area contributed by atoms with E-state index in [1.807, 2.05) is 25.1 Å². The number of hydrogen-bond acceptors (Lipinski definition) is 9. The van der Waals surface area contributed by atoms with Gasteiger partial charge in [-0.05, 0) is 62.7 Å². The lowest BCUT2D eigenvalue weighted by Gasteiger charge is -2.27. The number of ether oxygens (including phenoxy) is 2. The molecule has 1 fully saturated rings. The van der Waals surface area contributed by atoms with Crippen molar-refractivity contribution in [3.63, 3.8) is 0 Å². The topological polar surface area (TPSA) is 138 Å². The molecule has 4 aromatic rings. The Kier molecular flexibility index (Phi) is 7.34. The van der Waals surface area contributed by atoms with E-state index >= 15 is 0 Å². The maximum absolute atomic E-state index is 13.5. The molecule has 0 saturated carbocycles. The van der Waals surface area contributed by atoms with Crippen molar-refractivity contribution in [3.05, 3.63) is 74.7 Å². The van der Waals surface area contributed by atoms with Crippen LogP contribution < -0.4 is 20.2 Å². The Morgan fingerprint density at radius 2 is 1.87 bits per heavy atom. The predicted octanol–water partition coefficient (Wildman–Crippen LogP) is 4.14. The molecule has 1 saturated heterocycles. The Balaban J connectivity index is 1.58. The zero-order valence-corrected chi connectivity index (χ0v) is 23.2. The van der Waals surface area contributed by atoms with Gasteiger partial charge in [0.25, 0.3) is 10.0 Å². The average Bonchev–Trinajstić information content (AvgIpc) is 2.91. The fraction of sp³-hybridized carbons (Fsp3) is 0.296. The zero-order chi connectivity index (χ0) is 27.9. The molecule has 1 atom stereocenters. The standard InChI is InChI=1S/C27H27ClN4O6S/c1-15-12-19(17(3)37-21-5-6-22(28)31-27(21)39(29,34)35)26-20(13-15)24(33)16(2)25(38-26)18-4-7-23(30-14-18)32-8-10-36-11-9-32/h4-7,12-14,17H,8-11H2,1-3H3,(H2,29,34,35)/t17-/m1/s1. The summed E-state index contributed by atoms with van der Waals surface area (Å²) in [4.78, 5) is 24.0. The molecule has 1 aliphatic rings. The molecule has 5 rings (SSSR count). The number of morpholine rings is 1. The highest BCUT2D eigenvalue weighted by Gasteiger charge is 2.24. The van der Waals surface area contributed by atoms with Crippen LogP contribution in [0, 0.1) is 13.8 Å². The molecule has 3 aromatic heterocycles. The molecule has 0 bridgehead atoms. The lowest BCUT2D eigenvalue weighted by Crippen LogP contribution is -2.36. The second kappa shape index (κ2) is 10.6. The third kappa shape index (κ3) is 5.48. The molecule has 4 heterocycles. The first-order valence-electron chi connectivity index (χ1n) is 12.3. The van der Waals surface area contributed by atoms with Gasteiger partial charge in [-0.15, -0.1) is 0 Å². The van der Waals surface area contributed by atoms with Crippen molar-refractivity contribution in [2.75, 3.05) is 31.2 Å². The number of aryl methyl sites for hydroxylation is 1. The molecule has 0 spiro atoms. The van der Waals surface area contributed by atoms with Crippen LogP contribution in [-0.4, -0.2) is 44.7 Å². The van der Waals surface area contributed by atoms with Crippen LogP contribution in [-0.2, 0) is 14.8 Å². The van der Waals surface area contributed by atoms with Gasteiger partial charge in [0, 0.05) is 36.0 Å². The van der Waals surface area contributed by atoms with Crippen LogP contribution in [0.2, 0.25) is 5.15 Å². The number of sulfonamides is 1. The van der Waals surface area contributed by atoms with Crippen LogP contribution in [0.5, 0.6) is 5.75 Å². The summed E-state index contributed by atoms with van der Waals surface area (Å²) in [7, 11) is -4.21. The van der Waals surface area contributed by atoms with E-state index in [-0.39, 0.29) is 16.3 Å². The number of anilines is 1. The fourth-order valence-corrected chi connectivity index (χ4v) is 5.42. The van der Waals surface area contributed by atoms with Crippen molar-refractivity contribution in [2.45, 2.75) is 31.9 Å². The van der Waals surface area contributed by atoms with Gasteiger partial charge in [-0.3, -0.25) is 4.79 Å². The summed E-state index contributed by atoms with van der Waals surface area (Å²) in [6.07, 6.45) is 0.949. The predicted molar refractivity (Wildman–Crippen MR) is 148 cm³/mol. The van der Waals surface area contributed by atoms with Gasteiger partial charge in [-0.1, -0.05) is 11.6 Å². The first-order valence-corrected chi connectivity index (χ1v) is 14.2. The van der Waals surface area contributed by atoms with Crippen molar-refractivity contribution in [1.82, 2.24) is 9.97 Å². The molecule has 204 valence electrons. The highest BCUT2D eigenvalue weighted by atomic mass is 35.5. The summed E-state index contributed by atoms with van der Waals surface area (Å²) in [5, 5.41) is 5.19. The van der Waals surface area contributed by atoms with Crippen molar-refractivity contribution < 1.29 is 22.3 Å². The second-order valence-electron chi connectivity index (χ2n) is 9.36. The second-order valence-corrected chi connectivity index (χ2v) is 11.2. The summed E-state index contributed by atoms with van der Waals surface area (Å²) in [5.41, 5.74) is 2.62. The maximum atomic E-state index is 13.5. The van der Waals surface area contributed by atoms with Gasteiger partial charge in [-0.25, -0.2) is 23.5 Å².